The number of nitrogens with zero attached hydrogens (tertiary/aromatic N) is 1. The molecule has 28 heavy (non-hydrogen) atoms. The van der Waals surface area contributed by atoms with Crippen LogP contribution in [0.1, 0.15) is 36.5 Å². The number of hydrogen-bond donors (Lipinski definition) is 2. The summed E-state index contributed by atoms with van der Waals surface area (Å²) in [5.74, 6) is 0.844. The lowest BCUT2D eigenvalue weighted by molar-refractivity contribution is 0.102. The van der Waals surface area contributed by atoms with E-state index in [1.165, 1.54) is 12.1 Å². The second-order valence-corrected chi connectivity index (χ2v) is 8.07. The minimum absolute atomic E-state index is 0.0724. The largest absolute Gasteiger partial charge is 0.494 e. The summed E-state index contributed by atoms with van der Waals surface area (Å²) in [6.45, 7) is 3.27. The maximum atomic E-state index is 12.5. The molecule has 2 aromatic rings. The van der Waals surface area contributed by atoms with E-state index in [1.807, 2.05) is 6.92 Å². The van der Waals surface area contributed by atoms with Gasteiger partial charge in [0.2, 0.25) is 0 Å². The molecular weight excluding hydrogens is 378 g/mol. The van der Waals surface area contributed by atoms with Gasteiger partial charge in [-0.2, -0.15) is 0 Å². The first-order valence-electron chi connectivity index (χ1n) is 9.18. The molecule has 2 N–H and O–H groups in total. The predicted octanol–water partition coefficient (Wildman–Crippen LogP) is 3.20. The fraction of sp³-hybridized carbons (Fsp3) is 0.300. The van der Waals surface area contributed by atoms with E-state index >= 15 is 0 Å². The fourth-order valence-corrected chi connectivity index (χ4v) is 3.84. The Morgan fingerprint density at radius 3 is 2.64 bits per heavy atom. The van der Waals surface area contributed by atoms with E-state index in [9.17, 15) is 13.2 Å². The van der Waals surface area contributed by atoms with Gasteiger partial charge in [-0.25, -0.2) is 8.42 Å². The van der Waals surface area contributed by atoms with Crippen molar-refractivity contribution < 1.29 is 17.9 Å². The van der Waals surface area contributed by atoms with Gasteiger partial charge in [-0.3, -0.25) is 14.5 Å². The Morgan fingerprint density at radius 2 is 1.96 bits per heavy atom. The lowest BCUT2D eigenvalue weighted by Crippen LogP contribution is -2.29. The molecule has 0 aliphatic carbocycles. The summed E-state index contributed by atoms with van der Waals surface area (Å²) >= 11 is 0. The van der Waals surface area contributed by atoms with Gasteiger partial charge in [0.1, 0.15) is 11.6 Å². The van der Waals surface area contributed by atoms with Crippen molar-refractivity contribution in [3.63, 3.8) is 0 Å². The van der Waals surface area contributed by atoms with Crippen LogP contribution in [0.5, 0.6) is 5.75 Å². The third-order valence-electron chi connectivity index (χ3n) is 4.12. The summed E-state index contributed by atoms with van der Waals surface area (Å²) in [5.41, 5.74) is 0.850. The molecule has 0 radical (unpaired) electrons. The Hall–Kier alpha value is -2.87. The van der Waals surface area contributed by atoms with Gasteiger partial charge < -0.3 is 10.1 Å². The summed E-state index contributed by atoms with van der Waals surface area (Å²) < 4.78 is 33.0. The second-order valence-electron chi connectivity index (χ2n) is 6.39. The zero-order chi connectivity index (χ0) is 20.0. The van der Waals surface area contributed by atoms with Gasteiger partial charge in [-0.1, -0.05) is 13.0 Å². The Morgan fingerprint density at radius 1 is 1.18 bits per heavy atom. The number of rotatable bonds is 7. The molecule has 7 nitrogen and oxygen atoms in total. The molecule has 148 valence electrons. The molecule has 0 saturated carbocycles. The summed E-state index contributed by atoms with van der Waals surface area (Å²) in [5, 5.41) is 2.72. The highest BCUT2D eigenvalue weighted by Crippen LogP contribution is 2.18. The zero-order valence-electron chi connectivity index (χ0n) is 15.6. The van der Waals surface area contributed by atoms with Gasteiger partial charge in [0, 0.05) is 24.2 Å². The van der Waals surface area contributed by atoms with Gasteiger partial charge >= 0.3 is 0 Å². The van der Waals surface area contributed by atoms with Crippen LogP contribution in [0.15, 0.2) is 58.4 Å². The van der Waals surface area contributed by atoms with Crippen molar-refractivity contribution in [1.29, 1.82) is 0 Å². The monoisotopic (exact) mass is 401 g/mol. The summed E-state index contributed by atoms with van der Waals surface area (Å²) in [7, 11) is -3.73. The average Bonchev–Trinajstić information content (AvgIpc) is 3.19. The molecule has 1 amide bonds. The van der Waals surface area contributed by atoms with Crippen molar-refractivity contribution in [1.82, 2.24) is 4.72 Å². The number of amides is 1. The number of hydrogen-bond acceptors (Lipinski definition) is 5. The van der Waals surface area contributed by atoms with Crippen LogP contribution in [-0.4, -0.2) is 33.3 Å². The lowest BCUT2D eigenvalue weighted by atomic mass is 10.2. The molecule has 0 spiro atoms. The van der Waals surface area contributed by atoms with Crippen LogP contribution >= 0.6 is 0 Å². The number of ether oxygens (including phenoxy) is 1. The van der Waals surface area contributed by atoms with Crippen LogP contribution in [0.4, 0.5) is 5.69 Å². The van der Waals surface area contributed by atoms with E-state index in [0.29, 0.717) is 42.4 Å². The molecule has 1 aliphatic rings. The SMILES string of the molecule is CCCOc1ccc(C(=O)Nc2cccc(S(=O)(=O)NC3=NCCC3)c2)cc1. The molecule has 0 bridgehead atoms. The first-order chi connectivity index (χ1) is 13.5. The van der Waals surface area contributed by atoms with Crippen LogP contribution in [0.25, 0.3) is 0 Å². The van der Waals surface area contributed by atoms with Crippen LogP contribution in [0.3, 0.4) is 0 Å². The summed E-state index contributed by atoms with van der Waals surface area (Å²) in [6, 6.07) is 12.9. The van der Waals surface area contributed by atoms with Gasteiger partial charge in [0.05, 0.1) is 11.5 Å². The molecule has 1 heterocycles. The first kappa shape index (κ1) is 19.9. The third kappa shape index (κ3) is 5.10. The van der Waals surface area contributed by atoms with Crippen LogP contribution in [0.2, 0.25) is 0 Å². The van der Waals surface area contributed by atoms with Crippen LogP contribution in [0, 0.1) is 0 Å². The standard InChI is InChI=1S/C20H23N3O4S/c1-2-13-27-17-10-8-15(9-11-17)20(24)22-16-5-3-6-18(14-16)28(25,26)23-19-7-4-12-21-19/h3,5-6,8-11,14H,2,4,7,12-13H2,1H3,(H,21,23)(H,22,24). The maximum absolute atomic E-state index is 12.5. The Kier molecular flexibility index (Phi) is 6.30. The Bertz CT molecular complexity index is 969. The normalized spacial score (nSPS) is 13.7. The number of sulfonamides is 1. The minimum Gasteiger partial charge on any atom is -0.494 e. The smallest absolute Gasteiger partial charge is 0.262 e. The molecule has 0 fully saturated rings. The van der Waals surface area contributed by atoms with Crippen LogP contribution < -0.4 is 14.8 Å². The highest BCUT2D eigenvalue weighted by atomic mass is 32.2. The molecular formula is C20H23N3O4S. The van der Waals surface area contributed by atoms with Crippen molar-refractivity contribution >= 4 is 27.5 Å². The zero-order valence-corrected chi connectivity index (χ0v) is 16.5. The van der Waals surface area contributed by atoms with Gasteiger partial charge in [-0.15, -0.1) is 0 Å². The summed E-state index contributed by atoms with van der Waals surface area (Å²) in [4.78, 5) is 16.6. The third-order valence-corrected chi connectivity index (χ3v) is 5.50. The number of anilines is 1. The minimum atomic E-state index is -3.73. The fourth-order valence-electron chi connectivity index (χ4n) is 2.70. The van der Waals surface area contributed by atoms with Crippen molar-refractivity contribution in [2.24, 2.45) is 4.99 Å². The molecule has 0 aromatic heterocycles. The van der Waals surface area contributed by atoms with Crippen molar-refractivity contribution in [2.45, 2.75) is 31.1 Å². The number of aliphatic imine (C=N–C) groups is 1. The van der Waals surface area contributed by atoms with Gasteiger partial charge in [0.15, 0.2) is 0 Å². The van der Waals surface area contributed by atoms with Gasteiger partial charge in [-0.05, 0) is 55.3 Å². The number of nitrogens with one attached hydrogen (secondary N) is 2. The quantitative estimate of drug-likeness (QED) is 0.744. The Balaban J connectivity index is 1.69. The number of carbonyl (C=O) groups excluding carboxylic acids is 1. The van der Waals surface area contributed by atoms with Crippen molar-refractivity contribution in [2.75, 3.05) is 18.5 Å². The van der Waals surface area contributed by atoms with E-state index in [-0.39, 0.29) is 10.8 Å². The number of amidine groups is 1. The van der Waals surface area contributed by atoms with Crippen molar-refractivity contribution in [3.8, 4) is 5.75 Å². The highest BCUT2D eigenvalue weighted by molar-refractivity contribution is 7.90. The highest BCUT2D eigenvalue weighted by Gasteiger charge is 2.19. The molecule has 2 aromatic carbocycles. The van der Waals surface area contributed by atoms with Crippen LogP contribution in [-0.2, 0) is 10.0 Å². The van der Waals surface area contributed by atoms with E-state index in [4.69, 9.17) is 4.74 Å². The molecule has 0 unspecified atom stereocenters. The number of carbonyl (C=O) groups is 1. The van der Waals surface area contributed by atoms with E-state index in [1.54, 1.807) is 36.4 Å². The molecule has 3 rings (SSSR count). The maximum Gasteiger partial charge on any atom is 0.262 e. The first-order valence-corrected chi connectivity index (χ1v) is 10.7. The molecule has 0 atom stereocenters. The second kappa shape index (κ2) is 8.88. The topological polar surface area (TPSA) is 96.9 Å². The predicted molar refractivity (Wildman–Crippen MR) is 108 cm³/mol. The van der Waals surface area contributed by atoms with E-state index in [0.717, 1.165) is 12.8 Å². The average molecular weight is 401 g/mol. The van der Waals surface area contributed by atoms with E-state index < -0.39 is 10.0 Å². The molecule has 8 heteroatoms. The molecule has 1 aliphatic heterocycles. The lowest BCUT2D eigenvalue weighted by Gasteiger charge is -2.10. The Labute approximate surface area is 164 Å². The summed E-state index contributed by atoms with van der Waals surface area (Å²) in [6.07, 6.45) is 2.37. The van der Waals surface area contributed by atoms with E-state index in [2.05, 4.69) is 15.0 Å². The number of benzene rings is 2. The van der Waals surface area contributed by atoms with Gasteiger partial charge in [0.25, 0.3) is 15.9 Å². The molecule has 0 saturated heterocycles. The van der Waals surface area contributed by atoms with Crippen molar-refractivity contribution in [3.05, 3.63) is 54.1 Å².